The van der Waals surface area contributed by atoms with Gasteiger partial charge in [0, 0.05) is 30.3 Å². The van der Waals surface area contributed by atoms with Crippen LogP contribution in [-0.4, -0.2) is 29.3 Å². The maximum Gasteiger partial charge on any atom is 0.230 e. The largest absolute Gasteiger partial charge is 0.496 e. The van der Waals surface area contributed by atoms with Gasteiger partial charge in [0.2, 0.25) is 5.91 Å². The van der Waals surface area contributed by atoms with Crippen molar-refractivity contribution < 1.29 is 13.9 Å². The molecule has 0 saturated heterocycles. The van der Waals surface area contributed by atoms with Crippen LogP contribution in [0.5, 0.6) is 5.75 Å². The Hall–Kier alpha value is -3.15. The second-order valence-electron chi connectivity index (χ2n) is 13.7. The maximum atomic E-state index is 15.7. The summed E-state index contributed by atoms with van der Waals surface area (Å²) in [5.74, 6) is 0.723. The van der Waals surface area contributed by atoms with Gasteiger partial charge in [-0.2, -0.15) is 5.10 Å². The number of benzene rings is 2. The minimum atomic E-state index is -0.315. The summed E-state index contributed by atoms with van der Waals surface area (Å²) in [5.41, 5.74) is 5.11. The van der Waals surface area contributed by atoms with E-state index < -0.39 is 0 Å². The first-order valence-corrected chi connectivity index (χ1v) is 16.0. The number of nitrogens with zero attached hydrogens (tertiary/aromatic N) is 3. The van der Waals surface area contributed by atoms with Crippen molar-refractivity contribution in [2.75, 3.05) is 18.6 Å². The van der Waals surface area contributed by atoms with E-state index in [0.29, 0.717) is 12.2 Å². The van der Waals surface area contributed by atoms with Crippen LogP contribution in [0.1, 0.15) is 102 Å². The predicted molar refractivity (Wildman–Crippen MR) is 166 cm³/mol. The molecule has 3 aromatic rings. The maximum absolute atomic E-state index is 15.7. The Kier molecular flexibility index (Phi) is 7.93. The minimum absolute atomic E-state index is 0.0181. The molecule has 42 heavy (non-hydrogen) atoms. The van der Waals surface area contributed by atoms with Crippen LogP contribution < -0.4 is 9.64 Å². The third-order valence-electron chi connectivity index (χ3n) is 10.8. The van der Waals surface area contributed by atoms with Gasteiger partial charge in [-0.25, -0.2) is 4.39 Å². The molecule has 7 rings (SSSR count). The standard InChI is InChI=1S/C36H46FN3O2/c1-25(2)40-23-29(22-38-40)28-10-12-31(37)32(21-28)39(34(41)27-8-6-5-7-9-27)24-35-14-17-36(18-15-35,19-16-35)30-11-13-33(42-4)26(3)20-30/h10-13,20-23,25,27H,5-9,14-19,24H2,1-4H3. The van der Waals surface area contributed by atoms with E-state index in [1.54, 1.807) is 7.11 Å². The molecule has 1 heterocycles. The Balaban J connectivity index is 1.29. The first-order chi connectivity index (χ1) is 20.2. The Labute approximate surface area is 250 Å². The number of halogens is 1. The van der Waals surface area contributed by atoms with E-state index in [1.807, 2.05) is 34.1 Å². The monoisotopic (exact) mass is 571 g/mol. The fraction of sp³-hybridized carbons (Fsp3) is 0.556. The average Bonchev–Trinajstić information content (AvgIpc) is 3.52. The molecule has 0 atom stereocenters. The summed E-state index contributed by atoms with van der Waals surface area (Å²) in [6.45, 7) is 6.91. The molecule has 0 aliphatic heterocycles. The number of methoxy groups -OCH3 is 1. The van der Waals surface area contributed by atoms with Crippen molar-refractivity contribution in [3.8, 4) is 16.9 Å². The predicted octanol–water partition coefficient (Wildman–Crippen LogP) is 8.79. The van der Waals surface area contributed by atoms with Crippen LogP contribution in [-0.2, 0) is 10.2 Å². The highest BCUT2D eigenvalue weighted by Gasteiger charge is 2.50. The molecule has 2 bridgehead atoms. The lowest BCUT2D eigenvalue weighted by atomic mass is 9.51. The molecule has 4 saturated carbocycles. The third-order valence-corrected chi connectivity index (χ3v) is 10.8. The van der Waals surface area contributed by atoms with Crippen molar-refractivity contribution in [1.29, 1.82) is 0 Å². The summed E-state index contributed by atoms with van der Waals surface area (Å²) >= 11 is 0. The fourth-order valence-electron chi connectivity index (χ4n) is 8.00. The van der Waals surface area contributed by atoms with E-state index in [0.717, 1.165) is 81.1 Å². The molecule has 0 radical (unpaired) electrons. The Morgan fingerprint density at radius 1 is 1.02 bits per heavy atom. The van der Waals surface area contributed by atoms with Crippen LogP contribution in [0.4, 0.5) is 10.1 Å². The lowest BCUT2D eigenvalue weighted by molar-refractivity contribution is -0.124. The van der Waals surface area contributed by atoms with Crippen LogP contribution in [0, 0.1) is 24.1 Å². The molecular weight excluding hydrogens is 525 g/mol. The van der Waals surface area contributed by atoms with Crippen molar-refractivity contribution in [3.05, 3.63) is 65.7 Å². The van der Waals surface area contributed by atoms with Crippen molar-refractivity contribution in [2.45, 2.75) is 103 Å². The zero-order valence-electron chi connectivity index (χ0n) is 25.8. The smallest absolute Gasteiger partial charge is 0.230 e. The molecule has 2 aromatic carbocycles. The molecule has 0 N–H and O–H groups in total. The number of hydrogen-bond donors (Lipinski definition) is 0. The molecule has 6 heteroatoms. The summed E-state index contributed by atoms with van der Waals surface area (Å²) in [4.78, 5) is 16.1. The van der Waals surface area contributed by atoms with E-state index in [4.69, 9.17) is 4.74 Å². The normalized spacial score (nSPS) is 24.2. The summed E-state index contributed by atoms with van der Waals surface area (Å²) in [6, 6.07) is 12.2. The van der Waals surface area contributed by atoms with Gasteiger partial charge in [0.15, 0.2) is 0 Å². The number of rotatable bonds is 8. The number of ether oxygens (including phenoxy) is 1. The quantitative estimate of drug-likeness (QED) is 0.271. The molecule has 0 spiro atoms. The van der Waals surface area contributed by atoms with Gasteiger partial charge in [-0.1, -0.05) is 37.5 Å². The second kappa shape index (κ2) is 11.5. The highest BCUT2D eigenvalue weighted by molar-refractivity contribution is 5.96. The van der Waals surface area contributed by atoms with Crippen LogP contribution in [0.3, 0.4) is 0 Å². The van der Waals surface area contributed by atoms with Gasteiger partial charge in [0.1, 0.15) is 11.6 Å². The molecule has 5 nitrogen and oxygen atoms in total. The Bertz CT molecular complexity index is 1410. The zero-order valence-corrected chi connectivity index (χ0v) is 25.8. The second-order valence-corrected chi connectivity index (χ2v) is 13.7. The lowest BCUT2D eigenvalue weighted by Crippen LogP contribution is -2.51. The summed E-state index contributed by atoms with van der Waals surface area (Å²) in [5, 5.41) is 4.50. The first-order valence-electron chi connectivity index (χ1n) is 16.0. The summed E-state index contributed by atoms with van der Waals surface area (Å²) in [7, 11) is 1.73. The van der Waals surface area contributed by atoms with E-state index in [1.165, 1.54) is 23.6 Å². The fourth-order valence-corrected chi connectivity index (χ4v) is 8.00. The topological polar surface area (TPSA) is 47.4 Å². The number of aryl methyl sites for hydroxylation is 1. The van der Waals surface area contributed by atoms with E-state index in [2.05, 4.69) is 44.1 Å². The van der Waals surface area contributed by atoms with Crippen LogP contribution in [0.25, 0.3) is 11.1 Å². The van der Waals surface area contributed by atoms with Gasteiger partial charge in [-0.3, -0.25) is 9.48 Å². The molecule has 4 aliphatic rings. The van der Waals surface area contributed by atoms with Gasteiger partial charge < -0.3 is 9.64 Å². The minimum Gasteiger partial charge on any atom is -0.496 e. The van der Waals surface area contributed by atoms with Gasteiger partial charge in [-0.05, 0) is 118 Å². The molecule has 4 aliphatic carbocycles. The van der Waals surface area contributed by atoms with E-state index in [-0.39, 0.29) is 34.5 Å². The van der Waals surface area contributed by atoms with E-state index >= 15 is 4.39 Å². The number of fused-ring (bicyclic) bond motifs is 3. The molecular formula is C36H46FN3O2. The van der Waals surface area contributed by atoms with Crippen molar-refractivity contribution in [3.63, 3.8) is 0 Å². The van der Waals surface area contributed by atoms with Crippen LogP contribution >= 0.6 is 0 Å². The van der Waals surface area contributed by atoms with Crippen molar-refractivity contribution in [2.24, 2.45) is 11.3 Å². The zero-order chi connectivity index (χ0) is 29.5. The third kappa shape index (κ3) is 5.38. The van der Waals surface area contributed by atoms with Gasteiger partial charge >= 0.3 is 0 Å². The lowest BCUT2D eigenvalue weighted by Gasteiger charge is -2.55. The number of aromatic nitrogens is 2. The van der Waals surface area contributed by atoms with Crippen LogP contribution in [0.15, 0.2) is 48.8 Å². The average molecular weight is 572 g/mol. The van der Waals surface area contributed by atoms with Crippen LogP contribution in [0.2, 0.25) is 0 Å². The summed E-state index contributed by atoms with van der Waals surface area (Å²) in [6.07, 6.45) is 15.5. The Morgan fingerprint density at radius 2 is 1.74 bits per heavy atom. The number of anilines is 1. The van der Waals surface area contributed by atoms with Gasteiger partial charge in [0.05, 0.1) is 19.0 Å². The molecule has 4 fully saturated rings. The van der Waals surface area contributed by atoms with Gasteiger partial charge in [-0.15, -0.1) is 0 Å². The highest BCUT2D eigenvalue weighted by Crippen LogP contribution is 2.58. The van der Waals surface area contributed by atoms with E-state index in [9.17, 15) is 4.79 Å². The van der Waals surface area contributed by atoms with Gasteiger partial charge in [0.25, 0.3) is 0 Å². The summed E-state index contributed by atoms with van der Waals surface area (Å²) < 4.78 is 23.2. The molecule has 0 unspecified atom stereocenters. The number of amides is 1. The first kappa shape index (κ1) is 28.9. The number of carbonyl (C=O) groups excluding carboxylic acids is 1. The highest BCUT2D eigenvalue weighted by atomic mass is 19.1. The molecule has 1 aromatic heterocycles. The number of hydrogen-bond acceptors (Lipinski definition) is 3. The number of carbonyl (C=O) groups is 1. The molecule has 1 amide bonds. The van der Waals surface area contributed by atoms with Crippen molar-refractivity contribution >= 4 is 11.6 Å². The van der Waals surface area contributed by atoms with Crippen molar-refractivity contribution in [1.82, 2.24) is 9.78 Å². The SMILES string of the molecule is COc1ccc(C23CCC(CN(C(=O)C4CCCCC4)c4cc(-c5cnn(C(C)C)c5)ccc4F)(CC2)CC3)cc1C. The Morgan fingerprint density at radius 3 is 2.36 bits per heavy atom. The molecule has 224 valence electrons.